The van der Waals surface area contributed by atoms with Crippen LogP contribution >= 0.6 is 11.6 Å². The van der Waals surface area contributed by atoms with Crippen molar-refractivity contribution >= 4 is 17.5 Å². The third-order valence-corrected chi connectivity index (χ3v) is 5.06. The number of amides is 1. The lowest BCUT2D eigenvalue weighted by Crippen LogP contribution is -2.13. The molecule has 0 saturated carbocycles. The smallest absolute Gasteiger partial charge is 0.251 e. The summed E-state index contributed by atoms with van der Waals surface area (Å²) in [7, 11) is 0. The number of nitrogens with zero attached hydrogens (tertiary/aromatic N) is 1. The summed E-state index contributed by atoms with van der Waals surface area (Å²) in [4.78, 5) is 12.2. The molecule has 0 bridgehead atoms. The molecule has 0 spiro atoms. The molecule has 1 aromatic heterocycles. The second-order valence-electron chi connectivity index (χ2n) is 6.39. The highest BCUT2D eigenvalue weighted by Crippen LogP contribution is 2.34. The van der Waals surface area contributed by atoms with Crippen LogP contribution in [0.2, 0.25) is 5.02 Å². The number of primary amides is 1. The quantitative estimate of drug-likeness (QED) is 0.654. The predicted molar refractivity (Wildman–Crippen MR) is 108 cm³/mol. The van der Waals surface area contributed by atoms with Gasteiger partial charge in [-0.25, -0.2) is 0 Å². The van der Waals surface area contributed by atoms with Crippen molar-refractivity contribution in [1.82, 2.24) is 4.57 Å². The van der Waals surface area contributed by atoms with Gasteiger partial charge in [-0.2, -0.15) is 0 Å². The summed E-state index contributed by atoms with van der Waals surface area (Å²) in [5, 5.41) is 0.674. The van der Waals surface area contributed by atoms with Gasteiger partial charge in [-0.15, -0.1) is 0 Å². The summed E-state index contributed by atoms with van der Waals surface area (Å²) in [5.74, 6) is -0.388. The van der Waals surface area contributed by atoms with E-state index in [-0.39, 0.29) is 5.91 Å². The normalized spacial score (nSPS) is 10.9. The predicted octanol–water partition coefficient (Wildman–Crippen LogP) is 5.02. The maximum atomic E-state index is 12.2. The number of carbonyl (C=O) groups excluding carboxylic acids is 1. The third kappa shape index (κ3) is 3.54. The Balaban J connectivity index is 2.08. The molecule has 2 aromatic carbocycles. The first-order valence-electron chi connectivity index (χ1n) is 8.84. The van der Waals surface area contributed by atoms with Crippen molar-refractivity contribution in [1.29, 1.82) is 0 Å². The van der Waals surface area contributed by atoms with Crippen molar-refractivity contribution in [2.24, 2.45) is 5.73 Å². The average molecular weight is 367 g/mol. The van der Waals surface area contributed by atoms with Crippen LogP contribution in [0.3, 0.4) is 0 Å². The van der Waals surface area contributed by atoms with E-state index in [2.05, 4.69) is 23.6 Å². The molecule has 0 aliphatic rings. The SMILES string of the molecule is CCc1c(-c2ccc(Cl)cc2)c(C(N)=O)c(C)n1CCc1ccccc1. The van der Waals surface area contributed by atoms with Crippen LogP contribution < -0.4 is 5.73 Å². The Morgan fingerprint density at radius 2 is 1.73 bits per heavy atom. The van der Waals surface area contributed by atoms with Crippen LogP contribution in [0.1, 0.15) is 34.2 Å². The number of hydrogen-bond donors (Lipinski definition) is 1. The first kappa shape index (κ1) is 18.3. The van der Waals surface area contributed by atoms with Gasteiger partial charge in [0.2, 0.25) is 0 Å². The maximum Gasteiger partial charge on any atom is 0.251 e. The summed E-state index contributed by atoms with van der Waals surface area (Å²) >= 11 is 6.03. The number of carbonyl (C=O) groups is 1. The van der Waals surface area contributed by atoms with E-state index in [9.17, 15) is 4.79 Å². The van der Waals surface area contributed by atoms with Crippen LogP contribution in [0.5, 0.6) is 0 Å². The van der Waals surface area contributed by atoms with E-state index in [4.69, 9.17) is 17.3 Å². The summed E-state index contributed by atoms with van der Waals surface area (Å²) in [6, 6.07) is 18.0. The van der Waals surface area contributed by atoms with Crippen LogP contribution in [0.25, 0.3) is 11.1 Å². The van der Waals surface area contributed by atoms with Crippen LogP contribution in [0.15, 0.2) is 54.6 Å². The van der Waals surface area contributed by atoms with E-state index in [0.717, 1.165) is 41.9 Å². The van der Waals surface area contributed by atoms with Gasteiger partial charge in [-0.3, -0.25) is 4.79 Å². The van der Waals surface area contributed by atoms with Crippen LogP contribution in [0.4, 0.5) is 0 Å². The molecule has 3 rings (SSSR count). The van der Waals surface area contributed by atoms with Gasteiger partial charge in [-0.05, 0) is 43.0 Å². The molecule has 0 aliphatic heterocycles. The number of aromatic nitrogens is 1. The minimum Gasteiger partial charge on any atom is -0.366 e. The summed E-state index contributed by atoms with van der Waals surface area (Å²) in [6.45, 7) is 4.90. The Labute approximate surface area is 159 Å². The lowest BCUT2D eigenvalue weighted by Gasteiger charge is -2.12. The molecule has 0 aliphatic carbocycles. The zero-order valence-electron chi connectivity index (χ0n) is 15.1. The highest BCUT2D eigenvalue weighted by Gasteiger charge is 2.23. The van der Waals surface area contributed by atoms with Gasteiger partial charge in [0.1, 0.15) is 0 Å². The Hall–Kier alpha value is -2.52. The molecule has 3 aromatic rings. The fourth-order valence-corrected chi connectivity index (χ4v) is 3.71. The maximum absolute atomic E-state index is 12.2. The molecule has 1 heterocycles. The number of aryl methyl sites for hydroxylation is 1. The largest absolute Gasteiger partial charge is 0.366 e. The van der Waals surface area contributed by atoms with E-state index in [1.165, 1.54) is 5.56 Å². The van der Waals surface area contributed by atoms with Crippen LogP contribution in [-0.4, -0.2) is 10.5 Å². The van der Waals surface area contributed by atoms with Gasteiger partial charge < -0.3 is 10.3 Å². The molecule has 26 heavy (non-hydrogen) atoms. The minimum absolute atomic E-state index is 0.388. The Kier molecular flexibility index (Phi) is 5.48. The van der Waals surface area contributed by atoms with Gasteiger partial charge in [0.05, 0.1) is 5.56 Å². The molecule has 2 N–H and O–H groups in total. The highest BCUT2D eigenvalue weighted by atomic mass is 35.5. The number of benzene rings is 2. The van der Waals surface area contributed by atoms with Crippen molar-refractivity contribution in [3.05, 3.63) is 82.1 Å². The van der Waals surface area contributed by atoms with Crippen molar-refractivity contribution in [2.75, 3.05) is 0 Å². The van der Waals surface area contributed by atoms with E-state index in [1.54, 1.807) is 0 Å². The fourth-order valence-electron chi connectivity index (χ4n) is 3.58. The molecule has 0 atom stereocenters. The zero-order chi connectivity index (χ0) is 18.7. The van der Waals surface area contributed by atoms with E-state index in [1.807, 2.05) is 49.4 Å². The van der Waals surface area contributed by atoms with Crippen molar-refractivity contribution in [3.8, 4) is 11.1 Å². The highest BCUT2D eigenvalue weighted by molar-refractivity contribution is 6.30. The molecule has 0 saturated heterocycles. The molecular weight excluding hydrogens is 344 g/mol. The first-order chi connectivity index (χ1) is 12.5. The molecule has 134 valence electrons. The molecule has 0 unspecified atom stereocenters. The van der Waals surface area contributed by atoms with E-state index < -0.39 is 0 Å². The Morgan fingerprint density at radius 1 is 1.08 bits per heavy atom. The van der Waals surface area contributed by atoms with Gasteiger partial charge in [-0.1, -0.05) is 61.0 Å². The molecule has 3 nitrogen and oxygen atoms in total. The summed E-state index contributed by atoms with van der Waals surface area (Å²) in [5.41, 5.74) is 11.6. The third-order valence-electron chi connectivity index (χ3n) is 4.81. The number of halogens is 1. The second-order valence-corrected chi connectivity index (χ2v) is 6.83. The molecule has 0 radical (unpaired) electrons. The van der Waals surface area contributed by atoms with E-state index in [0.29, 0.717) is 10.6 Å². The van der Waals surface area contributed by atoms with Gasteiger partial charge in [0.15, 0.2) is 0 Å². The zero-order valence-corrected chi connectivity index (χ0v) is 15.9. The molecule has 0 fully saturated rings. The average Bonchev–Trinajstić information content (AvgIpc) is 2.93. The lowest BCUT2D eigenvalue weighted by molar-refractivity contribution is 0.1000. The van der Waals surface area contributed by atoms with E-state index >= 15 is 0 Å². The van der Waals surface area contributed by atoms with Crippen molar-refractivity contribution in [3.63, 3.8) is 0 Å². The van der Waals surface area contributed by atoms with Gasteiger partial charge >= 0.3 is 0 Å². The van der Waals surface area contributed by atoms with Crippen molar-refractivity contribution in [2.45, 2.75) is 33.2 Å². The topological polar surface area (TPSA) is 48.0 Å². The molecular formula is C22H23ClN2O. The van der Waals surface area contributed by atoms with Crippen LogP contribution in [0, 0.1) is 6.92 Å². The van der Waals surface area contributed by atoms with Gasteiger partial charge in [0.25, 0.3) is 5.91 Å². The number of rotatable bonds is 6. The van der Waals surface area contributed by atoms with Gasteiger partial charge in [0, 0.05) is 28.5 Å². The summed E-state index contributed by atoms with van der Waals surface area (Å²) in [6.07, 6.45) is 1.72. The fraction of sp³-hybridized carbons (Fsp3) is 0.227. The lowest BCUT2D eigenvalue weighted by atomic mass is 9.99. The van der Waals surface area contributed by atoms with Crippen LogP contribution in [-0.2, 0) is 19.4 Å². The Bertz CT molecular complexity index is 912. The second kappa shape index (κ2) is 7.79. The van der Waals surface area contributed by atoms with Crippen molar-refractivity contribution < 1.29 is 4.79 Å². The summed E-state index contributed by atoms with van der Waals surface area (Å²) < 4.78 is 2.23. The minimum atomic E-state index is -0.388. The first-order valence-corrected chi connectivity index (χ1v) is 9.22. The monoisotopic (exact) mass is 366 g/mol. The molecule has 1 amide bonds. The number of hydrogen-bond acceptors (Lipinski definition) is 1. The molecule has 4 heteroatoms. The number of nitrogens with two attached hydrogens (primary N) is 1. The standard InChI is InChI=1S/C22H23ClN2O/c1-3-19-21(17-9-11-18(23)12-10-17)20(22(24)26)15(2)25(19)14-13-16-7-5-4-6-8-16/h4-12H,3,13-14H2,1-2H3,(H2,24,26). The Morgan fingerprint density at radius 3 is 2.31 bits per heavy atom.